The first-order chi connectivity index (χ1) is 9.27. The molecule has 1 aromatic carbocycles. The summed E-state index contributed by atoms with van der Waals surface area (Å²) in [4.78, 5) is 22.4. The van der Waals surface area contributed by atoms with Crippen LogP contribution in [0.25, 0.3) is 0 Å². The molecule has 1 aromatic rings. The van der Waals surface area contributed by atoms with Gasteiger partial charge in [-0.05, 0) is 19.1 Å². The molecule has 0 heterocycles. The molecule has 0 atom stereocenters. The van der Waals surface area contributed by atoms with Crippen LogP contribution in [0.5, 0.6) is 0 Å². The Bertz CT molecular complexity index is 515. The van der Waals surface area contributed by atoms with E-state index in [-0.39, 0.29) is 17.8 Å². The molecule has 2 amide bonds. The summed E-state index contributed by atoms with van der Waals surface area (Å²) in [6, 6.07) is 3.25. The van der Waals surface area contributed by atoms with Gasteiger partial charge >= 0.3 is 6.18 Å². The molecule has 0 aliphatic heterocycles. The quantitative estimate of drug-likeness (QED) is 0.765. The van der Waals surface area contributed by atoms with Gasteiger partial charge in [0.25, 0.3) is 5.91 Å². The van der Waals surface area contributed by atoms with E-state index in [2.05, 4.69) is 10.6 Å². The van der Waals surface area contributed by atoms with Crippen LogP contribution >= 0.6 is 0 Å². The molecule has 0 aromatic heterocycles. The van der Waals surface area contributed by atoms with E-state index in [9.17, 15) is 22.8 Å². The number of carbonyl (C=O) groups is 2. The van der Waals surface area contributed by atoms with Gasteiger partial charge in [0.2, 0.25) is 5.91 Å². The third-order valence-corrected chi connectivity index (χ3v) is 2.39. The summed E-state index contributed by atoms with van der Waals surface area (Å²) in [7, 11) is 0. The minimum Gasteiger partial charge on any atom is -0.384 e. The van der Waals surface area contributed by atoms with Crippen molar-refractivity contribution in [2.45, 2.75) is 13.1 Å². The van der Waals surface area contributed by atoms with Crippen molar-refractivity contribution in [1.29, 1.82) is 0 Å². The molecule has 0 fully saturated rings. The van der Waals surface area contributed by atoms with Crippen LogP contribution < -0.4 is 16.4 Å². The predicted molar refractivity (Wildman–Crippen MR) is 67.1 cm³/mol. The van der Waals surface area contributed by atoms with Crippen LogP contribution in [0, 0.1) is 0 Å². The van der Waals surface area contributed by atoms with E-state index in [0.717, 1.165) is 12.1 Å². The smallest absolute Gasteiger partial charge is 0.384 e. The maximum atomic E-state index is 12.9. The van der Waals surface area contributed by atoms with Crippen molar-refractivity contribution in [3.8, 4) is 0 Å². The molecule has 110 valence electrons. The van der Waals surface area contributed by atoms with Crippen LogP contribution in [0.2, 0.25) is 0 Å². The SMILES string of the molecule is CCNc1c(C(=O)NCC(N)=O)cccc1C(F)(F)F. The van der Waals surface area contributed by atoms with E-state index < -0.39 is 30.1 Å². The average molecular weight is 289 g/mol. The van der Waals surface area contributed by atoms with Gasteiger partial charge in [-0.3, -0.25) is 9.59 Å². The zero-order valence-corrected chi connectivity index (χ0v) is 10.7. The summed E-state index contributed by atoms with van der Waals surface area (Å²) in [5.74, 6) is -1.58. The summed E-state index contributed by atoms with van der Waals surface area (Å²) < 4.78 is 38.7. The summed E-state index contributed by atoms with van der Waals surface area (Å²) in [5.41, 5.74) is 3.42. The van der Waals surface area contributed by atoms with Crippen molar-refractivity contribution in [3.63, 3.8) is 0 Å². The zero-order valence-electron chi connectivity index (χ0n) is 10.7. The lowest BCUT2D eigenvalue weighted by Gasteiger charge is -2.17. The second kappa shape index (κ2) is 6.27. The normalized spacial score (nSPS) is 11.0. The highest BCUT2D eigenvalue weighted by Gasteiger charge is 2.35. The average Bonchev–Trinajstić information content (AvgIpc) is 2.35. The summed E-state index contributed by atoms with van der Waals surface area (Å²) in [6.07, 6.45) is -4.59. The number of hydrogen-bond acceptors (Lipinski definition) is 3. The van der Waals surface area contributed by atoms with Gasteiger partial charge in [-0.25, -0.2) is 0 Å². The summed E-state index contributed by atoms with van der Waals surface area (Å²) in [6.45, 7) is 1.38. The molecular weight excluding hydrogens is 275 g/mol. The standard InChI is InChI=1S/C12H14F3N3O2/c1-2-17-10-7(11(20)18-6-9(16)19)4-3-5-8(10)12(13,14)15/h3-5,17H,2,6H2,1H3,(H2,16,19)(H,18,20). The fourth-order valence-electron chi connectivity index (χ4n) is 1.61. The third kappa shape index (κ3) is 3.87. The van der Waals surface area contributed by atoms with Crippen LogP contribution in [-0.2, 0) is 11.0 Å². The van der Waals surface area contributed by atoms with Gasteiger partial charge < -0.3 is 16.4 Å². The molecular formula is C12H14F3N3O2. The summed E-state index contributed by atoms with van der Waals surface area (Å²) >= 11 is 0. The fourth-order valence-corrected chi connectivity index (χ4v) is 1.61. The monoisotopic (exact) mass is 289 g/mol. The summed E-state index contributed by atoms with van der Waals surface area (Å²) in [5, 5.41) is 4.68. The lowest BCUT2D eigenvalue weighted by molar-refractivity contribution is -0.137. The topological polar surface area (TPSA) is 84.2 Å². The van der Waals surface area contributed by atoms with E-state index in [0.29, 0.717) is 0 Å². The van der Waals surface area contributed by atoms with Crippen molar-refractivity contribution in [2.24, 2.45) is 5.73 Å². The number of rotatable bonds is 5. The molecule has 0 unspecified atom stereocenters. The number of primary amides is 1. The highest BCUT2D eigenvalue weighted by Crippen LogP contribution is 2.36. The Morgan fingerprint density at radius 2 is 1.95 bits per heavy atom. The Morgan fingerprint density at radius 3 is 2.45 bits per heavy atom. The number of benzene rings is 1. The molecule has 0 aliphatic carbocycles. The first-order valence-electron chi connectivity index (χ1n) is 5.78. The van der Waals surface area contributed by atoms with E-state index in [1.165, 1.54) is 6.07 Å². The maximum Gasteiger partial charge on any atom is 0.418 e. The number of anilines is 1. The molecule has 0 aliphatic rings. The Hall–Kier alpha value is -2.25. The van der Waals surface area contributed by atoms with Gasteiger partial charge in [0, 0.05) is 6.54 Å². The second-order valence-corrected chi connectivity index (χ2v) is 3.91. The number of nitrogens with two attached hydrogens (primary N) is 1. The number of carbonyl (C=O) groups excluding carboxylic acids is 2. The van der Waals surface area contributed by atoms with Crippen LogP contribution in [-0.4, -0.2) is 24.9 Å². The van der Waals surface area contributed by atoms with E-state index in [1.807, 2.05) is 0 Å². The van der Waals surface area contributed by atoms with Crippen molar-refractivity contribution in [3.05, 3.63) is 29.3 Å². The number of para-hydroxylation sites is 1. The minimum absolute atomic E-state index is 0.192. The molecule has 4 N–H and O–H groups in total. The predicted octanol–water partition coefficient (Wildman–Crippen LogP) is 1.35. The Balaban J connectivity index is 3.18. The highest BCUT2D eigenvalue weighted by atomic mass is 19.4. The number of hydrogen-bond donors (Lipinski definition) is 3. The second-order valence-electron chi connectivity index (χ2n) is 3.91. The lowest BCUT2D eigenvalue weighted by atomic mass is 10.1. The van der Waals surface area contributed by atoms with E-state index in [4.69, 9.17) is 5.73 Å². The van der Waals surface area contributed by atoms with Crippen molar-refractivity contribution in [2.75, 3.05) is 18.4 Å². The van der Waals surface area contributed by atoms with Crippen LogP contribution in [0.3, 0.4) is 0 Å². The van der Waals surface area contributed by atoms with Crippen LogP contribution in [0.15, 0.2) is 18.2 Å². The highest BCUT2D eigenvalue weighted by molar-refractivity contribution is 6.01. The fraction of sp³-hybridized carbons (Fsp3) is 0.333. The molecule has 0 radical (unpaired) electrons. The Kier molecular flexibility index (Phi) is 4.95. The third-order valence-electron chi connectivity index (χ3n) is 2.39. The lowest BCUT2D eigenvalue weighted by Crippen LogP contribution is -2.34. The van der Waals surface area contributed by atoms with E-state index >= 15 is 0 Å². The molecule has 20 heavy (non-hydrogen) atoms. The Labute approximate surface area is 113 Å². The first-order valence-corrected chi connectivity index (χ1v) is 5.78. The molecule has 0 bridgehead atoms. The van der Waals surface area contributed by atoms with Gasteiger partial charge in [0.05, 0.1) is 23.4 Å². The largest absolute Gasteiger partial charge is 0.418 e. The van der Waals surface area contributed by atoms with Gasteiger partial charge in [0.1, 0.15) is 0 Å². The number of nitrogens with one attached hydrogen (secondary N) is 2. The number of halogens is 3. The molecule has 0 saturated heterocycles. The number of amides is 2. The van der Waals surface area contributed by atoms with Crippen molar-refractivity contribution in [1.82, 2.24) is 5.32 Å². The molecule has 8 heteroatoms. The van der Waals surface area contributed by atoms with Crippen molar-refractivity contribution < 1.29 is 22.8 Å². The van der Waals surface area contributed by atoms with Crippen molar-refractivity contribution >= 4 is 17.5 Å². The Morgan fingerprint density at radius 1 is 1.30 bits per heavy atom. The molecule has 1 rings (SSSR count). The van der Waals surface area contributed by atoms with Gasteiger partial charge in [-0.1, -0.05) is 6.07 Å². The first kappa shape index (κ1) is 15.8. The van der Waals surface area contributed by atoms with Crippen LogP contribution in [0.4, 0.5) is 18.9 Å². The van der Waals surface area contributed by atoms with Gasteiger partial charge in [0.15, 0.2) is 0 Å². The van der Waals surface area contributed by atoms with E-state index in [1.54, 1.807) is 6.92 Å². The molecule has 5 nitrogen and oxygen atoms in total. The van der Waals surface area contributed by atoms with Gasteiger partial charge in [-0.15, -0.1) is 0 Å². The van der Waals surface area contributed by atoms with Gasteiger partial charge in [-0.2, -0.15) is 13.2 Å². The maximum absolute atomic E-state index is 12.9. The minimum atomic E-state index is -4.59. The molecule has 0 saturated carbocycles. The van der Waals surface area contributed by atoms with Crippen LogP contribution in [0.1, 0.15) is 22.8 Å². The number of alkyl halides is 3. The zero-order chi connectivity index (χ0) is 15.3. The molecule has 0 spiro atoms.